The fraction of sp³-hybridized carbons (Fsp3) is 0.650. The summed E-state index contributed by atoms with van der Waals surface area (Å²) in [6, 6.07) is 6.85. The molecule has 3 rings (SSSR count). The Labute approximate surface area is 157 Å². The van der Waals surface area contributed by atoms with Gasteiger partial charge in [-0.2, -0.15) is 4.31 Å². The van der Waals surface area contributed by atoms with Crippen LogP contribution in [0.2, 0.25) is 0 Å². The van der Waals surface area contributed by atoms with E-state index in [1.807, 2.05) is 11.8 Å². The molecule has 0 bridgehead atoms. The van der Waals surface area contributed by atoms with Crippen molar-refractivity contribution >= 4 is 15.9 Å². The van der Waals surface area contributed by atoms with Crippen molar-refractivity contribution in [2.75, 3.05) is 13.1 Å². The van der Waals surface area contributed by atoms with Crippen LogP contribution in [0.1, 0.15) is 63.2 Å². The zero-order valence-corrected chi connectivity index (χ0v) is 16.8. The van der Waals surface area contributed by atoms with E-state index in [9.17, 15) is 13.2 Å². The van der Waals surface area contributed by atoms with Crippen LogP contribution in [-0.4, -0.2) is 48.7 Å². The smallest absolute Gasteiger partial charge is 0.254 e. The Balaban J connectivity index is 1.87. The first-order valence-electron chi connectivity index (χ1n) is 9.75. The Bertz CT molecular complexity index is 760. The second-order valence-corrected chi connectivity index (χ2v) is 9.83. The fourth-order valence-electron chi connectivity index (χ4n) is 4.26. The number of carbonyl (C=O) groups is 1. The second-order valence-electron chi connectivity index (χ2n) is 7.94. The molecular formula is C20H30N2O3S. The summed E-state index contributed by atoms with van der Waals surface area (Å²) in [5.74, 6) is 0.354. The summed E-state index contributed by atoms with van der Waals surface area (Å²) >= 11 is 0. The van der Waals surface area contributed by atoms with E-state index in [-0.39, 0.29) is 22.9 Å². The number of carbonyl (C=O) groups excluding carboxylic acids is 1. The average Bonchev–Trinajstić information content (AvgIpc) is 3.11. The van der Waals surface area contributed by atoms with Crippen LogP contribution in [0.25, 0.3) is 0 Å². The first-order valence-corrected chi connectivity index (χ1v) is 11.2. The van der Waals surface area contributed by atoms with Gasteiger partial charge in [-0.25, -0.2) is 8.42 Å². The van der Waals surface area contributed by atoms with E-state index in [0.29, 0.717) is 18.0 Å². The molecule has 6 heteroatoms. The van der Waals surface area contributed by atoms with Gasteiger partial charge in [0.05, 0.1) is 4.90 Å². The van der Waals surface area contributed by atoms with Crippen LogP contribution in [-0.2, 0) is 10.0 Å². The zero-order chi connectivity index (χ0) is 18.9. The zero-order valence-electron chi connectivity index (χ0n) is 16.0. The lowest BCUT2D eigenvalue weighted by molar-refractivity contribution is 0.0701. The van der Waals surface area contributed by atoms with Gasteiger partial charge in [0.2, 0.25) is 10.0 Å². The number of sulfonamides is 1. The minimum absolute atomic E-state index is 0.0111. The molecule has 2 atom stereocenters. The van der Waals surface area contributed by atoms with Gasteiger partial charge in [0.15, 0.2) is 0 Å². The van der Waals surface area contributed by atoms with Crippen LogP contribution in [0, 0.1) is 5.92 Å². The Hall–Kier alpha value is -1.40. The Morgan fingerprint density at radius 3 is 2.58 bits per heavy atom. The number of piperidine rings is 1. The molecule has 0 spiro atoms. The molecule has 26 heavy (non-hydrogen) atoms. The van der Waals surface area contributed by atoms with Gasteiger partial charge in [-0.15, -0.1) is 0 Å². The minimum Gasteiger partial charge on any atom is -0.335 e. The molecule has 0 N–H and O–H groups in total. The minimum atomic E-state index is -3.56. The maximum Gasteiger partial charge on any atom is 0.254 e. The summed E-state index contributed by atoms with van der Waals surface area (Å²) in [5, 5.41) is 0. The molecule has 1 amide bonds. The molecular weight excluding hydrogens is 348 g/mol. The van der Waals surface area contributed by atoms with Crippen LogP contribution in [0.15, 0.2) is 29.2 Å². The van der Waals surface area contributed by atoms with Gasteiger partial charge in [0, 0.05) is 30.7 Å². The topological polar surface area (TPSA) is 57.7 Å². The number of likely N-dealkylation sites (tertiary alicyclic amines) is 1. The number of hydrogen-bond acceptors (Lipinski definition) is 3. The van der Waals surface area contributed by atoms with Crippen molar-refractivity contribution in [2.24, 2.45) is 5.92 Å². The van der Waals surface area contributed by atoms with Crippen LogP contribution < -0.4 is 0 Å². The SMILES string of the molecule is CC(C)C1CCCN1C(=O)c1cccc(S(=O)(=O)N2CCCCC2C)c1. The predicted molar refractivity (Wildman–Crippen MR) is 103 cm³/mol. The highest BCUT2D eigenvalue weighted by molar-refractivity contribution is 7.89. The third-order valence-corrected chi connectivity index (χ3v) is 7.77. The highest BCUT2D eigenvalue weighted by Gasteiger charge is 2.34. The van der Waals surface area contributed by atoms with Gasteiger partial charge in [0.1, 0.15) is 0 Å². The van der Waals surface area contributed by atoms with Gasteiger partial charge in [0.25, 0.3) is 5.91 Å². The molecule has 1 aromatic carbocycles. The number of benzene rings is 1. The monoisotopic (exact) mass is 378 g/mol. The fourth-order valence-corrected chi connectivity index (χ4v) is 6.00. The highest BCUT2D eigenvalue weighted by Crippen LogP contribution is 2.28. The molecule has 2 unspecified atom stereocenters. The summed E-state index contributed by atoms with van der Waals surface area (Å²) in [6.07, 6.45) is 4.88. The summed E-state index contributed by atoms with van der Waals surface area (Å²) in [4.78, 5) is 15.1. The molecule has 2 aliphatic heterocycles. The van der Waals surface area contributed by atoms with Gasteiger partial charge in [-0.05, 0) is 56.7 Å². The lowest BCUT2D eigenvalue weighted by atomic mass is 10.0. The van der Waals surface area contributed by atoms with Gasteiger partial charge < -0.3 is 4.90 Å². The van der Waals surface area contributed by atoms with Crippen molar-refractivity contribution in [1.29, 1.82) is 0 Å². The van der Waals surface area contributed by atoms with E-state index in [0.717, 1.165) is 38.6 Å². The summed E-state index contributed by atoms with van der Waals surface area (Å²) in [7, 11) is -3.56. The molecule has 2 heterocycles. The van der Waals surface area contributed by atoms with Crippen LogP contribution in [0.3, 0.4) is 0 Å². The number of rotatable bonds is 4. The third-order valence-electron chi connectivity index (χ3n) is 5.76. The van der Waals surface area contributed by atoms with E-state index < -0.39 is 10.0 Å². The highest BCUT2D eigenvalue weighted by atomic mass is 32.2. The summed E-state index contributed by atoms with van der Waals surface area (Å²) < 4.78 is 27.7. The van der Waals surface area contributed by atoms with Crippen molar-refractivity contribution < 1.29 is 13.2 Å². The van der Waals surface area contributed by atoms with E-state index >= 15 is 0 Å². The average molecular weight is 379 g/mol. The molecule has 0 saturated carbocycles. The van der Waals surface area contributed by atoms with E-state index in [2.05, 4.69) is 13.8 Å². The van der Waals surface area contributed by atoms with Gasteiger partial charge >= 0.3 is 0 Å². The maximum atomic E-state index is 13.1. The van der Waals surface area contributed by atoms with Crippen molar-refractivity contribution in [3.63, 3.8) is 0 Å². The molecule has 2 aliphatic rings. The van der Waals surface area contributed by atoms with Gasteiger partial charge in [-0.1, -0.05) is 26.3 Å². The van der Waals surface area contributed by atoms with Crippen LogP contribution in [0.5, 0.6) is 0 Å². The van der Waals surface area contributed by atoms with Crippen LogP contribution >= 0.6 is 0 Å². The first kappa shape index (κ1) is 19.4. The lowest BCUT2D eigenvalue weighted by Gasteiger charge is -2.32. The molecule has 0 aliphatic carbocycles. The van der Waals surface area contributed by atoms with Crippen molar-refractivity contribution in [3.8, 4) is 0 Å². The Morgan fingerprint density at radius 2 is 1.88 bits per heavy atom. The standard InChI is InChI=1S/C20H30N2O3S/c1-15(2)19-11-7-12-21(19)20(23)17-9-6-10-18(14-17)26(24,25)22-13-5-4-8-16(22)3/h6,9-10,14-16,19H,4-5,7-8,11-13H2,1-3H3. The van der Waals surface area contributed by atoms with Crippen LogP contribution in [0.4, 0.5) is 0 Å². The molecule has 2 saturated heterocycles. The van der Waals surface area contributed by atoms with E-state index in [4.69, 9.17) is 0 Å². The second kappa shape index (κ2) is 7.69. The third kappa shape index (κ3) is 3.67. The van der Waals surface area contributed by atoms with Gasteiger partial charge in [-0.3, -0.25) is 4.79 Å². The van der Waals surface area contributed by atoms with E-state index in [1.54, 1.807) is 28.6 Å². The molecule has 0 radical (unpaired) electrons. The number of amides is 1. The molecule has 144 valence electrons. The molecule has 0 aromatic heterocycles. The normalized spacial score (nSPS) is 25.0. The van der Waals surface area contributed by atoms with Crippen molar-refractivity contribution in [3.05, 3.63) is 29.8 Å². The maximum absolute atomic E-state index is 13.1. The lowest BCUT2D eigenvalue weighted by Crippen LogP contribution is -2.42. The Morgan fingerprint density at radius 1 is 1.12 bits per heavy atom. The first-order chi connectivity index (χ1) is 12.3. The summed E-state index contributed by atoms with van der Waals surface area (Å²) in [5.41, 5.74) is 0.475. The summed E-state index contributed by atoms with van der Waals surface area (Å²) in [6.45, 7) is 7.54. The number of hydrogen-bond donors (Lipinski definition) is 0. The molecule has 1 aromatic rings. The van der Waals surface area contributed by atoms with E-state index in [1.165, 1.54) is 0 Å². The predicted octanol–water partition coefficient (Wildman–Crippen LogP) is 3.51. The van der Waals surface area contributed by atoms with Crippen molar-refractivity contribution in [2.45, 2.75) is 69.9 Å². The Kier molecular flexibility index (Phi) is 5.72. The quantitative estimate of drug-likeness (QED) is 0.806. The molecule has 2 fully saturated rings. The number of nitrogens with zero attached hydrogens (tertiary/aromatic N) is 2. The van der Waals surface area contributed by atoms with Crippen molar-refractivity contribution in [1.82, 2.24) is 9.21 Å². The largest absolute Gasteiger partial charge is 0.335 e. The molecule has 5 nitrogen and oxygen atoms in total.